The number of nitrogens with one attached hydrogen (secondary N) is 1. The highest BCUT2D eigenvalue weighted by atomic mass is 16.5. The van der Waals surface area contributed by atoms with Crippen molar-refractivity contribution in [3.8, 4) is 11.5 Å². The number of amides is 1. The number of phenols is 1. The first-order chi connectivity index (χ1) is 15.7. The van der Waals surface area contributed by atoms with Crippen molar-refractivity contribution in [1.82, 2.24) is 10.2 Å². The van der Waals surface area contributed by atoms with E-state index in [0.717, 1.165) is 63.1 Å². The van der Waals surface area contributed by atoms with Gasteiger partial charge in [-0.15, -0.1) is 0 Å². The molecule has 2 unspecified atom stereocenters. The van der Waals surface area contributed by atoms with Gasteiger partial charge in [0.1, 0.15) is 11.5 Å². The largest absolute Gasteiger partial charge is 0.508 e. The van der Waals surface area contributed by atoms with Crippen LogP contribution in [0.5, 0.6) is 11.5 Å². The van der Waals surface area contributed by atoms with E-state index in [-0.39, 0.29) is 12.0 Å². The Bertz CT molecular complexity index is 932. The number of aromatic hydroxyl groups is 1. The average Bonchev–Trinajstić information content (AvgIpc) is 3.66. The molecule has 1 saturated carbocycles. The number of hydrogen-bond acceptors (Lipinski definition) is 4. The third kappa shape index (κ3) is 4.93. The van der Waals surface area contributed by atoms with Gasteiger partial charge in [0, 0.05) is 18.5 Å². The van der Waals surface area contributed by atoms with Crippen molar-refractivity contribution in [3.63, 3.8) is 0 Å². The van der Waals surface area contributed by atoms with E-state index >= 15 is 0 Å². The Hall–Kier alpha value is -2.53. The number of carbonyl (C=O) groups excluding carboxylic acids is 1. The zero-order chi connectivity index (χ0) is 21.9. The van der Waals surface area contributed by atoms with E-state index < -0.39 is 0 Å². The zero-order valence-corrected chi connectivity index (χ0v) is 18.8. The van der Waals surface area contributed by atoms with Gasteiger partial charge in [0.25, 0.3) is 0 Å². The highest BCUT2D eigenvalue weighted by Crippen LogP contribution is 2.39. The molecule has 2 fully saturated rings. The van der Waals surface area contributed by atoms with Gasteiger partial charge in [-0.3, -0.25) is 4.79 Å². The van der Waals surface area contributed by atoms with Crippen LogP contribution in [0.25, 0.3) is 0 Å². The Labute approximate surface area is 190 Å². The van der Waals surface area contributed by atoms with E-state index in [0.29, 0.717) is 17.7 Å². The van der Waals surface area contributed by atoms with Crippen molar-refractivity contribution in [2.24, 2.45) is 5.92 Å². The van der Waals surface area contributed by atoms with Crippen molar-refractivity contribution in [2.45, 2.75) is 63.5 Å². The van der Waals surface area contributed by atoms with Crippen LogP contribution in [0.3, 0.4) is 0 Å². The summed E-state index contributed by atoms with van der Waals surface area (Å²) in [5, 5.41) is 13.5. The van der Waals surface area contributed by atoms with Crippen LogP contribution < -0.4 is 10.1 Å². The monoisotopic (exact) mass is 434 g/mol. The van der Waals surface area contributed by atoms with Gasteiger partial charge in [-0.05, 0) is 92.4 Å². The van der Waals surface area contributed by atoms with Crippen LogP contribution in [0.1, 0.15) is 61.3 Å². The van der Waals surface area contributed by atoms with Crippen molar-refractivity contribution in [2.75, 3.05) is 19.7 Å². The van der Waals surface area contributed by atoms with E-state index in [1.165, 1.54) is 30.4 Å². The van der Waals surface area contributed by atoms with Gasteiger partial charge in [-0.1, -0.05) is 24.6 Å². The van der Waals surface area contributed by atoms with Gasteiger partial charge in [0.15, 0.2) is 0 Å². The molecular weight excluding hydrogens is 400 g/mol. The normalized spacial score (nSPS) is 22.9. The summed E-state index contributed by atoms with van der Waals surface area (Å²) in [6.45, 7) is 2.59. The average molecular weight is 435 g/mol. The van der Waals surface area contributed by atoms with Crippen LogP contribution >= 0.6 is 0 Å². The van der Waals surface area contributed by atoms with Gasteiger partial charge in [-0.2, -0.15) is 0 Å². The van der Waals surface area contributed by atoms with Gasteiger partial charge in [-0.25, -0.2) is 0 Å². The van der Waals surface area contributed by atoms with Crippen LogP contribution in [0.4, 0.5) is 0 Å². The standard InChI is InChI=1S/C27H34N2O3/c30-23-8-11-25-21(18-23)12-15-29(27(31)20-6-7-20)26(25)17-19-4-9-24(10-5-19)32-16-13-22-3-1-2-14-28-22/h4-5,8-11,18,20,22,26,28,30H,1-3,6-7,12-17H2. The van der Waals surface area contributed by atoms with Gasteiger partial charge in [0.2, 0.25) is 5.91 Å². The van der Waals surface area contributed by atoms with Crippen molar-refractivity contribution < 1.29 is 14.6 Å². The fourth-order valence-electron chi connectivity index (χ4n) is 5.18. The van der Waals surface area contributed by atoms with Gasteiger partial charge < -0.3 is 20.1 Å². The molecule has 5 rings (SSSR count). The molecule has 2 aliphatic heterocycles. The van der Waals surface area contributed by atoms with E-state index in [9.17, 15) is 9.90 Å². The first-order valence-electron chi connectivity index (χ1n) is 12.2. The van der Waals surface area contributed by atoms with Crippen LogP contribution in [-0.2, 0) is 17.6 Å². The number of hydrogen-bond donors (Lipinski definition) is 2. The SMILES string of the molecule is O=C(C1CC1)N1CCc2cc(O)ccc2C1Cc1ccc(OCCC2CCCCN2)cc1. The molecular formula is C27H34N2O3. The molecule has 170 valence electrons. The maximum Gasteiger partial charge on any atom is 0.226 e. The van der Waals surface area contributed by atoms with Crippen molar-refractivity contribution in [1.29, 1.82) is 0 Å². The van der Waals surface area contributed by atoms with E-state index in [1.54, 1.807) is 6.07 Å². The Morgan fingerprint density at radius 1 is 1.09 bits per heavy atom. The molecule has 0 bridgehead atoms. The number of rotatable bonds is 7. The minimum Gasteiger partial charge on any atom is -0.508 e. The van der Waals surface area contributed by atoms with Crippen LogP contribution in [0, 0.1) is 5.92 Å². The number of carbonyl (C=O) groups is 1. The predicted octanol–water partition coefficient (Wildman–Crippen LogP) is 4.38. The quantitative estimate of drug-likeness (QED) is 0.679. The third-order valence-electron chi connectivity index (χ3n) is 7.19. The molecule has 2 atom stereocenters. The molecule has 0 spiro atoms. The molecule has 2 aromatic carbocycles. The lowest BCUT2D eigenvalue weighted by Gasteiger charge is -2.38. The maximum absolute atomic E-state index is 13.0. The van der Waals surface area contributed by atoms with Crippen LogP contribution in [0.15, 0.2) is 42.5 Å². The third-order valence-corrected chi connectivity index (χ3v) is 7.19. The number of piperidine rings is 1. The zero-order valence-electron chi connectivity index (χ0n) is 18.8. The second-order valence-corrected chi connectivity index (χ2v) is 9.59. The first kappa shape index (κ1) is 21.3. The summed E-state index contributed by atoms with van der Waals surface area (Å²) < 4.78 is 5.99. The number of benzene rings is 2. The Morgan fingerprint density at radius 2 is 1.94 bits per heavy atom. The summed E-state index contributed by atoms with van der Waals surface area (Å²) >= 11 is 0. The summed E-state index contributed by atoms with van der Waals surface area (Å²) in [7, 11) is 0. The number of phenolic OH excluding ortho intramolecular Hbond substituents is 1. The number of ether oxygens (including phenoxy) is 1. The van der Waals surface area contributed by atoms with Crippen molar-refractivity contribution >= 4 is 5.91 Å². The molecule has 1 aliphatic carbocycles. The molecule has 5 nitrogen and oxygen atoms in total. The molecule has 0 aromatic heterocycles. The smallest absolute Gasteiger partial charge is 0.226 e. The second kappa shape index (κ2) is 9.53. The summed E-state index contributed by atoms with van der Waals surface area (Å²) in [5.74, 6) is 1.72. The Kier molecular flexibility index (Phi) is 6.35. The number of nitrogens with zero attached hydrogens (tertiary/aromatic N) is 1. The van der Waals surface area contributed by atoms with Crippen LogP contribution in [-0.4, -0.2) is 41.7 Å². The Morgan fingerprint density at radius 3 is 2.69 bits per heavy atom. The van der Waals surface area contributed by atoms with Gasteiger partial charge in [0.05, 0.1) is 12.6 Å². The fraction of sp³-hybridized carbons (Fsp3) is 0.519. The summed E-state index contributed by atoms with van der Waals surface area (Å²) in [6.07, 6.45) is 8.53. The van der Waals surface area contributed by atoms with E-state index in [4.69, 9.17) is 4.74 Å². The predicted molar refractivity (Wildman–Crippen MR) is 125 cm³/mol. The van der Waals surface area contributed by atoms with Crippen molar-refractivity contribution in [3.05, 3.63) is 59.2 Å². The number of fused-ring (bicyclic) bond motifs is 1. The summed E-state index contributed by atoms with van der Waals surface area (Å²) in [5.41, 5.74) is 3.53. The van der Waals surface area contributed by atoms with Gasteiger partial charge >= 0.3 is 0 Å². The molecule has 2 N–H and O–H groups in total. The molecule has 2 heterocycles. The van der Waals surface area contributed by atoms with Crippen LogP contribution in [0.2, 0.25) is 0 Å². The minimum atomic E-state index is 0.0246. The second-order valence-electron chi connectivity index (χ2n) is 9.59. The summed E-state index contributed by atoms with van der Waals surface area (Å²) in [4.78, 5) is 15.1. The molecule has 5 heteroatoms. The minimum absolute atomic E-state index is 0.0246. The van der Waals surface area contributed by atoms with E-state index in [1.807, 2.05) is 12.1 Å². The molecule has 32 heavy (non-hydrogen) atoms. The molecule has 3 aliphatic rings. The highest BCUT2D eigenvalue weighted by Gasteiger charge is 2.38. The molecule has 1 saturated heterocycles. The lowest BCUT2D eigenvalue weighted by atomic mass is 9.88. The lowest BCUT2D eigenvalue weighted by molar-refractivity contribution is -0.135. The fourth-order valence-corrected chi connectivity index (χ4v) is 5.18. The maximum atomic E-state index is 13.0. The first-order valence-corrected chi connectivity index (χ1v) is 12.2. The topological polar surface area (TPSA) is 61.8 Å². The molecule has 0 radical (unpaired) electrons. The molecule has 1 amide bonds. The summed E-state index contributed by atoms with van der Waals surface area (Å²) in [6, 6.07) is 14.6. The van der Waals surface area contributed by atoms with E-state index in [2.05, 4.69) is 34.5 Å². The Balaban J connectivity index is 1.25. The molecule has 2 aromatic rings. The lowest BCUT2D eigenvalue weighted by Crippen LogP contribution is -2.41. The highest BCUT2D eigenvalue weighted by molar-refractivity contribution is 5.82.